The third-order valence-corrected chi connectivity index (χ3v) is 0. The van der Waals surface area contributed by atoms with Gasteiger partial charge in [0.25, 0.3) is 0 Å². The third-order valence-electron chi connectivity index (χ3n) is 0. The van der Waals surface area contributed by atoms with Crippen molar-refractivity contribution in [2.45, 2.75) is 0 Å². The fourth-order valence-electron chi connectivity index (χ4n) is 0. The van der Waals surface area contributed by atoms with Crippen molar-refractivity contribution in [3.05, 3.63) is 0 Å². The third kappa shape index (κ3) is 22.8. The van der Waals surface area contributed by atoms with E-state index in [1.165, 1.54) is 0 Å². The van der Waals surface area contributed by atoms with E-state index in [-0.39, 0.29) is 163 Å². The molecule has 6 radical (unpaired) electrons. The topological polar surface area (TPSA) is 0 Å². The Hall–Kier alpha value is 5.37. The fraction of sp³-hybridized carbons (Fsp3) is 0. The van der Waals surface area contributed by atoms with E-state index in [0.29, 0.717) is 0 Å². The van der Waals surface area contributed by atoms with Gasteiger partial charge in [0.05, 0.1) is 0 Å². The van der Waals surface area contributed by atoms with E-state index in [2.05, 4.69) is 0 Å². The van der Waals surface area contributed by atoms with Crippen LogP contribution in [0.15, 0.2) is 0 Å². The molecule has 6 heavy (non-hydrogen) atoms. The molecule has 0 amide bonds. The van der Waals surface area contributed by atoms with E-state index in [1.54, 1.807) is 0 Å². The van der Waals surface area contributed by atoms with Crippen LogP contribution in [0.5, 0.6) is 0 Å². The molecule has 0 saturated carbocycles. The molecule has 0 aromatic rings. The molecule has 1 unspecified atom stereocenters. The second-order valence-corrected chi connectivity index (χ2v) is 0. The van der Waals surface area contributed by atoms with Crippen LogP contribution in [0.4, 0.5) is 0 Å². The SMILES string of the molecule is P.[Ca].[Cu].[K].[Mn].[Na]. The molecule has 30 valence electrons. The van der Waals surface area contributed by atoms with Crippen molar-refractivity contribution in [2.75, 3.05) is 0 Å². The maximum absolute atomic E-state index is 0. The van der Waals surface area contributed by atoms with E-state index in [1.807, 2.05) is 0 Å². The van der Waals surface area contributed by atoms with Crippen molar-refractivity contribution in [1.29, 1.82) is 0 Å². The molecular formula is H3CaCuKMnNaP. The molecule has 0 aromatic heterocycles. The molecule has 0 aliphatic heterocycles. The van der Waals surface area contributed by atoms with Gasteiger partial charge < -0.3 is 0 Å². The van der Waals surface area contributed by atoms with Crippen LogP contribution >= 0.6 is 9.90 Å². The van der Waals surface area contributed by atoms with Crippen LogP contribution in [0.2, 0.25) is 0 Å². The van der Waals surface area contributed by atoms with Crippen LogP contribution in [0.25, 0.3) is 0 Å². The quantitative estimate of drug-likeness (QED) is 0.381. The molecule has 0 nitrogen and oxygen atoms in total. The maximum atomic E-state index is 0. The average molecular weight is 255 g/mol. The molecule has 0 N–H and O–H groups in total. The molecule has 6 heteroatoms. The van der Waals surface area contributed by atoms with E-state index in [4.69, 9.17) is 0 Å². The van der Waals surface area contributed by atoms with Crippen molar-refractivity contribution >= 4 is 129 Å². The minimum atomic E-state index is 0. The summed E-state index contributed by atoms with van der Waals surface area (Å²) in [4.78, 5) is 0. The average Bonchev–Trinajstić information content (AvgIpc) is 0. The van der Waals surface area contributed by atoms with Crippen molar-refractivity contribution in [3.63, 3.8) is 0 Å². The van der Waals surface area contributed by atoms with Gasteiger partial charge >= 0.3 is 0 Å². The standard InChI is InChI=1S/Ca.Cu.K.Mn.Na.H3P/h;;;;;1H3. The van der Waals surface area contributed by atoms with Gasteiger partial charge in [-0.05, 0) is 0 Å². The molecule has 0 rings (SSSR count). The van der Waals surface area contributed by atoms with Gasteiger partial charge in [0.2, 0.25) is 0 Å². The first-order valence-corrected chi connectivity index (χ1v) is 0. The predicted octanol–water partition coefficient (Wildman–Crippen LogP) is -1.09. The number of hydrogen-bond acceptors (Lipinski definition) is 0. The molecular weight excluding hydrogens is 252 g/mol. The first-order valence-electron chi connectivity index (χ1n) is 0. The molecule has 0 spiro atoms. The molecule has 1 atom stereocenters. The van der Waals surface area contributed by atoms with Crippen molar-refractivity contribution in [2.24, 2.45) is 0 Å². The van der Waals surface area contributed by atoms with Crippen LogP contribution in [0.3, 0.4) is 0 Å². The molecule has 0 saturated heterocycles. The van der Waals surface area contributed by atoms with Crippen LogP contribution in [0.1, 0.15) is 0 Å². The van der Waals surface area contributed by atoms with Crippen LogP contribution in [-0.4, -0.2) is 119 Å². The monoisotopic (exact) mass is 254 g/mol. The van der Waals surface area contributed by atoms with Crippen molar-refractivity contribution in [1.82, 2.24) is 0 Å². The molecule has 0 aliphatic rings. The van der Waals surface area contributed by atoms with Crippen LogP contribution in [-0.2, 0) is 34.1 Å². The second kappa shape index (κ2) is 31.6. The van der Waals surface area contributed by atoms with Gasteiger partial charge in [-0.15, -0.1) is 0 Å². The van der Waals surface area contributed by atoms with E-state index < -0.39 is 0 Å². The van der Waals surface area contributed by atoms with Gasteiger partial charge in [0.15, 0.2) is 0 Å². The predicted molar refractivity (Wildman–Crippen MR) is 28.4 cm³/mol. The largest absolute Gasteiger partial charge is 0.153 e. The zero-order valence-corrected chi connectivity index (χ0v) is 15.0. The summed E-state index contributed by atoms with van der Waals surface area (Å²) in [5.74, 6) is 0. The summed E-state index contributed by atoms with van der Waals surface area (Å²) < 4.78 is 0. The summed E-state index contributed by atoms with van der Waals surface area (Å²) in [7, 11) is 0. The smallest absolute Gasteiger partial charge is 0 e. The van der Waals surface area contributed by atoms with Crippen LogP contribution in [0, 0.1) is 0 Å². The van der Waals surface area contributed by atoms with Crippen LogP contribution < -0.4 is 0 Å². The maximum Gasteiger partial charge on any atom is 0 e. The Balaban J connectivity index is 0. The molecule has 0 heterocycles. The van der Waals surface area contributed by atoms with Gasteiger partial charge in [-0.1, -0.05) is 0 Å². The fourth-order valence-corrected chi connectivity index (χ4v) is 0. The summed E-state index contributed by atoms with van der Waals surface area (Å²) in [5, 5.41) is 0. The van der Waals surface area contributed by atoms with E-state index in [9.17, 15) is 0 Å². The minimum absolute atomic E-state index is 0. The summed E-state index contributed by atoms with van der Waals surface area (Å²) in [6.07, 6.45) is 0. The summed E-state index contributed by atoms with van der Waals surface area (Å²) in [6.45, 7) is 0. The van der Waals surface area contributed by atoms with Gasteiger partial charge in [0, 0.05) is 153 Å². The Morgan fingerprint density at radius 3 is 1.00 bits per heavy atom. The first-order chi connectivity index (χ1) is 0. The normalized spacial score (nSPS) is 0. The Bertz CT molecular complexity index is 15.5. The molecule has 0 aliphatic carbocycles. The van der Waals surface area contributed by atoms with Gasteiger partial charge in [-0.25, -0.2) is 0 Å². The minimum Gasteiger partial charge on any atom is -0.153 e. The Kier molecular flexibility index (Phi) is 223. The van der Waals surface area contributed by atoms with Gasteiger partial charge in [-0.2, -0.15) is 9.90 Å². The molecule has 0 aromatic carbocycles. The Morgan fingerprint density at radius 1 is 1.00 bits per heavy atom. The van der Waals surface area contributed by atoms with E-state index in [0.717, 1.165) is 0 Å². The number of hydrogen-bond donors (Lipinski definition) is 0. The Labute approximate surface area is 158 Å². The zero-order chi connectivity index (χ0) is 0. The van der Waals surface area contributed by atoms with Crippen molar-refractivity contribution in [3.8, 4) is 0 Å². The summed E-state index contributed by atoms with van der Waals surface area (Å²) >= 11 is 0. The van der Waals surface area contributed by atoms with Crippen molar-refractivity contribution < 1.29 is 34.1 Å². The number of rotatable bonds is 0. The molecule has 0 fully saturated rings. The zero-order valence-electron chi connectivity index (χ0n) is 4.09. The first kappa shape index (κ1) is 42.4. The second-order valence-electron chi connectivity index (χ2n) is 0. The Morgan fingerprint density at radius 2 is 1.00 bits per heavy atom. The summed E-state index contributed by atoms with van der Waals surface area (Å²) in [6, 6.07) is 0. The van der Waals surface area contributed by atoms with Gasteiger partial charge in [0.1, 0.15) is 0 Å². The van der Waals surface area contributed by atoms with E-state index >= 15 is 0 Å². The summed E-state index contributed by atoms with van der Waals surface area (Å²) in [5.41, 5.74) is 0. The van der Waals surface area contributed by atoms with Gasteiger partial charge in [-0.3, -0.25) is 0 Å². The molecule has 0 bridgehead atoms.